The van der Waals surface area contributed by atoms with E-state index in [9.17, 15) is 9.90 Å². The molecule has 0 fully saturated rings. The van der Waals surface area contributed by atoms with Gasteiger partial charge in [-0.05, 0) is 31.1 Å². The van der Waals surface area contributed by atoms with Crippen LogP contribution < -0.4 is 5.32 Å². The zero-order chi connectivity index (χ0) is 13.6. The average Bonchev–Trinajstić information content (AvgIpc) is 2.35. The molecular weight excluding hydrogens is 228 g/mol. The van der Waals surface area contributed by atoms with Crippen LogP contribution in [0.5, 0.6) is 0 Å². The predicted octanol–water partition coefficient (Wildman–Crippen LogP) is 1.62. The Morgan fingerprint density at radius 1 is 1.56 bits per heavy atom. The normalized spacial score (nSPS) is 14.7. The van der Waals surface area contributed by atoms with Crippen LogP contribution in [0, 0.1) is 5.92 Å². The maximum absolute atomic E-state index is 11.5. The fourth-order valence-corrected chi connectivity index (χ4v) is 1.16. The fourth-order valence-electron chi connectivity index (χ4n) is 1.16. The number of nitrogens with zero attached hydrogens (tertiary/aromatic N) is 1. The summed E-state index contributed by atoms with van der Waals surface area (Å²) in [5.41, 5.74) is -0.169. The van der Waals surface area contributed by atoms with E-state index in [1.165, 1.54) is 6.08 Å². The summed E-state index contributed by atoms with van der Waals surface area (Å²) in [4.78, 5) is 15.6. The second-order valence-electron chi connectivity index (χ2n) is 4.82. The van der Waals surface area contributed by atoms with Crippen LogP contribution in [-0.2, 0) is 4.79 Å². The number of hydrogen-bond acceptors (Lipinski definition) is 3. The van der Waals surface area contributed by atoms with Crippen LogP contribution in [-0.4, -0.2) is 28.1 Å². The Labute approximate surface area is 108 Å². The van der Waals surface area contributed by atoms with E-state index in [4.69, 9.17) is 0 Å². The van der Waals surface area contributed by atoms with Crippen LogP contribution >= 0.6 is 0 Å². The van der Waals surface area contributed by atoms with Gasteiger partial charge in [0.2, 0.25) is 5.91 Å². The first kappa shape index (κ1) is 14.4. The van der Waals surface area contributed by atoms with Gasteiger partial charge in [0.15, 0.2) is 0 Å². The molecule has 98 valence electrons. The molecular formula is C14H20N2O2. The molecule has 1 aromatic rings. The fraction of sp³-hybridized carbons (Fsp3) is 0.429. The molecule has 0 aliphatic heterocycles. The number of carbonyl (C=O) groups excluding carboxylic acids is 1. The standard InChI is InChI=1S/C14H20N2O2/c1-11(2)14(3,18)10-16-13(17)8-7-12-6-4-5-9-15-12/h4-9,11,18H,10H2,1-3H3,(H,16,17)/b8-7+. The molecule has 0 aliphatic rings. The van der Waals surface area contributed by atoms with E-state index < -0.39 is 5.60 Å². The molecule has 0 saturated carbocycles. The van der Waals surface area contributed by atoms with Gasteiger partial charge in [0.1, 0.15) is 0 Å². The minimum atomic E-state index is -0.894. The van der Waals surface area contributed by atoms with Crippen molar-refractivity contribution in [3.8, 4) is 0 Å². The first-order valence-electron chi connectivity index (χ1n) is 6.01. The lowest BCUT2D eigenvalue weighted by atomic mass is 9.92. The van der Waals surface area contributed by atoms with Gasteiger partial charge in [-0.25, -0.2) is 0 Å². The average molecular weight is 248 g/mol. The molecule has 0 aliphatic carbocycles. The molecule has 1 amide bonds. The van der Waals surface area contributed by atoms with Crippen LogP contribution in [0.1, 0.15) is 26.5 Å². The maximum Gasteiger partial charge on any atom is 0.244 e. The highest BCUT2D eigenvalue weighted by atomic mass is 16.3. The third kappa shape index (κ3) is 4.67. The second kappa shape index (κ2) is 6.31. The van der Waals surface area contributed by atoms with Crippen LogP contribution in [0.15, 0.2) is 30.5 Å². The van der Waals surface area contributed by atoms with Crippen LogP contribution in [0.3, 0.4) is 0 Å². The Morgan fingerprint density at radius 3 is 2.83 bits per heavy atom. The maximum atomic E-state index is 11.5. The van der Waals surface area contributed by atoms with E-state index in [0.29, 0.717) is 0 Å². The predicted molar refractivity (Wildman–Crippen MR) is 71.7 cm³/mol. The third-order valence-electron chi connectivity index (χ3n) is 2.96. The number of amides is 1. The van der Waals surface area contributed by atoms with Gasteiger partial charge in [-0.15, -0.1) is 0 Å². The van der Waals surface area contributed by atoms with Crippen LogP contribution in [0.25, 0.3) is 6.08 Å². The van der Waals surface area contributed by atoms with Crippen molar-refractivity contribution in [3.63, 3.8) is 0 Å². The minimum absolute atomic E-state index is 0.0811. The van der Waals surface area contributed by atoms with Gasteiger partial charge >= 0.3 is 0 Å². The van der Waals surface area contributed by atoms with Crippen molar-refractivity contribution in [1.29, 1.82) is 0 Å². The topological polar surface area (TPSA) is 62.2 Å². The summed E-state index contributed by atoms with van der Waals surface area (Å²) in [6.45, 7) is 5.77. The number of rotatable bonds is 5. The molecule has 2 N–H and O–H groups in total. The Hall–Kier alpha value is -1.68. The Bertz CT molecular complexity index is 411. The summed E-state index contributed by atoms with van der Waals surface area (Å²) in [6.07, 6.45) is 4.72. The first-order valence-corrected chi connectivity index (χ1v) is 6.01. The van der Waals surface area contributed by atoms with Crippen molar-refractivity contribution in [1.82, 2.24) is 10.3 Å². The van der Waals surface area contributed by atoms with Crippen LogP contribution in [0.4, 0.5) is 0 Å². The summed E-state index contributed by atoms with van der Waals surface area (Å²) in [6, 6.07) is 5.49. The molecule has 1 aromatic heterocycles. The molecule has 1 rings (SSSR count). The Balaban J connectivity index is 2.46. The Kier molecular flexibility index (Phi) is 5.04. The van der Waals surface area contributed by atoms with Crippen molar-refractivity contribution >= 4 is 12.0 Å². The molecule has 0 radical (unpaired) electrons. The molecule has 1 heterocycles. The smallest absolute Gasteiger partial charge is 0.244 e. The minimum Gasteiger partial charge on any atom is -0.388 e. The lowest BCUT2D eigenvalue weighted by Crippen LogP contribution is -2.43. The van der Waals surface area contributed by atoms with Crippen molar-refractivity contribution < 1.29 is 9.90 Å². The summed E-state index contributed by atoms with van der Waals surface area (Å²) in [5.74, 6) is -0.154. The quantitative estimate of drug-likeness (QED) is 0.778. The summed E-state index contributed by atoms with van der Waals surface area (Å²) >= 11 is 0. The van der Waals surface area contributed by atoms with Crippen molar-refractivity contribution in [2.24, 2.45) is 5.92 Å². The van der Waals surface area contributed by atoms with E-state index in [2.05, 4.69) is 10.3 Å². The van der Waals surface area contributed by atoms with Gasteiger partial charge < -0.3 is 10.4 Å². The summed E-state index contributed by atoms with van der Waals surface area (Å²) in [5, 5.41) is 12.6. The third-order valence-corrected chi connectivity index (χ3v) is 2.96. The Morgan fingerprint density at radius 2 is 2.28 bits per heavy atom. The number of aromatic nitrogens is 1. The van der Waals surface area contributed by atoms with E-state index in [1.807, 2.05) is 32.0 Å². The largest absolute Gasteiger partial charge is 0.388 e. The van der Waals surface area contributed by atoms with Gasteiger partial charge in [-0.2, -0.15) is 0 Å². The second-order valence-corrected chi connectivity index (χ2v) is 4.82. The van der Waals surface area contributed by atoms with E-state index in [0.717, 1.165) is 5.69 Å². The highest BCUT2D eigenvalue weighted by Gasteiger charge is 2.24. The first-order chi connectivity index (χ1) is 8.42. The summed E-state index contributed by atoms with van der Waals surface area (Å²) < 4.78 is 0. The van der Waals surface area contributed by atoms with Crippen LogP contribution in [0.2, 0.25) is 0 Å². The zero-order valence-corrected chi connectivity index (χ0v) is 11.1. The number of pyridine rings is 1. The highest BCUT2D eigenvalue weighted by Crippen LogP contribution is 2.14. The van der Waals surface area contributed by atoms with E-state index >= 15 is 0 Å². The molecule has 1 unspecified atom stereocenters. The van der Waals surface area contributed by atoms with Crippen molar-refractivity contribution in [2.75, 3.05) is 6.54 Å². The van der Waals surface area contributed by atoms with Gasteiger partial charge in [-0.3, -0.25) is 9.78 Å². The van der Waals surface area contributed by atoms with E-state index in [1.54, 1.807) is 19.2 Å². The monoisotopic (exact) mass is 248 g/mol. The lowest BCUT2D eigenvalue weighted by Gasteiger charge is -2.27. The molecule has 1 atom stereocenters. The molecule has 0 bridgehead atoms. The summed E-state index contributed by atoms with van der Waals surface area (Å²) in [7, 11) is 0. The highest BCUT2D eigenvalue weighted by molar-refractivity contribution is 5.91. The van der Waals surface area contributed by atoms with Gasteiger partial charge in [-0.1, -0.05) is 19.9 Å². The molecule has 18 heavy (non-hydrogen) atoms. The number of carbonyl (C=O) groups is 1. The lowest BCUT2D eigenvalue weighted by molar-refractivity contribution is -0.118. The molecule has 0 aromatic carbocycles. The van der Waals surface area contributed by atoms with Gasteiger partial charge in [0, 0.05) is 18.8 Å². The SMILES string of the molecule is CC(C)C(C)(O)CNC(=O)/C=C/c1ccccn1. The van der Waals surface area contributed by atoms with Gasteiger partial charge in [0.25, 0.3) is 0 Å². The van der Waals surface area contributed by atoms with Gasteiger partial charge in [0.05, 0.1) is 11.3 Å². The number of hydrogen-bond donors (Lipinski definition) is 2. The number of aliphatic hydroxyl groups is 1. The van der Waals surface area contributed by atoms with Crippen molar-refractivity contribution in [2.45, 2.75) is 26.4 Å². The van der Waals surface area contributed by atoms with Crippen molar-refractivity contribution in [3.05, 3.63) is 36.2 Å². The zero-order valence-electron chi connectivity index (χ0n) is 11.1. The molecule has 4 nitrogen and oxygen atoms in total. The van der Waals surface area contributed by atoms with E-state index in [-0.39, 0.29) is 18.4 Å². The molecule has 0 saturated heterocycles. The molecule has 0 spiro atoms. The number of nitrogens with one attached hydrogen (secondary N) is 1. The molecule has 4 heteroatoms.